The highest BCUT2D eigenvalue weighted by atomic mass is 16.5. The van der Waals surface area contributed by atoms with Crippen LogP contribution in [-0.4, -0.2) is 16.7 Å². The minimum atomic E-state index is 0.462. The summed E-state index contributed by atoms with van der Waals surface area (Å²) in [6, 6.07) is 7.82. The second-order valence-corrected chi connectivity index (χ2v) is 3.60. The molecule has 2 rings (SSSR count). The van der Waals surface area contributed by atoms with Crippen molar-refractivity contribution >= 4 is 0 Å². The molecule has 0 aliphatic heterocycles. The van der Waals surface area contributed by atoms with Crippen molar-refractivity contribution in [3.8, 4) is 17.1 Å². The molecule has 0 radical (unpaired) electrons. The van der Waals surface area contributed by atoms with Crippen LogP contribution < -0.4 is 10.5 Å². The van der Waals surface area contributed by atoms with Crippen LogP contribution in [0.2, 0.25) is 0 Å². The molecule has 0 amide bonds. The first-order chi connectivity index (χ1) is 7.74. The summed E-state index contributed by atoms with van der Waals surface area (Å²) in [5.41, 5.74) is 7.51. The van der Waals surface area contributed by atoms with E-state index in [9.17, 15) is 0 Å². The smallest absolute Gasteiger partial charge is 0.140 e. The molecule has 0 spiro atoms. The van der Waals surface area contributed by atoms with Gasteiger partial charge >= 0.3 is 0 Å². The number of nitrogens with zero attached hydrogens (tertiary/aromatic N) is 2. The van der Waals surface area contributed by atoms with Gasteiger partial charge in [-0.3, -0.25) is 0 Å². The standard InChI is InChI=1S/C12H15N3O/c1-15-8-10(7-13)14-12(15)9-3-5-11(16-2)6-4-9/h3-6,8H,7,13H2,1-2H3. The zero-order valence-electron chi connectivity index (χ0n) is 9.47. The van der Waals surface area contributed by atoms with Gasteiger partial charge in [0.15, 0.2) is 0 Å². The van der Waals surface area contributed by atoms with E-state index in [-0.39, 0.29) is 0 Å². The Morgan fingerprint density at radius 1 is 1.31 bits per heavy atom. The number of ether oxygens (including phenoxy) is 1. The van der Waals surface area contributed by atoms with Gasteiger partial charge in [0.25, 0.3) is 0 Å². The van der Waals surface area contributed by atoms with Crippen LogP contribution in [0.25, 0.3) is 11.4 Å². The molecule has 84 valence electrons. The second-order valence-electron chi connectivity index (χ2n) is 3.60. The van der Waals surface area contributed by atoms with Crippen LogP contribution >= 0.6 is 0 Å². The molecule has 0 fully saturated rings. The van der Waals surface area contributed by atoms with Crippen molar-refractivity contribution in [3.05, 3.63) is 36.2 Å². The number of methoxy groups -OCH3 is 1. The lowest BCUT2D eigenvalue weighted by atomic mass is 10.2. The fourth-order valence-electron chi connectivity index (χ4n) is 1.64. The molecule has 2 aromatic rings. The van der Waals surface area contributed by atoms with Crippen LogP contribution in [0, 0.1) is 0 Å². The fourth-order valence-corrected chi connectivity index (χ4v) is 1.64. The fraction of sp³-hybridized carbons (Fsp3) is 0.250. The maximum Gasteiger partial charge on any atom is 0.140 e. The van der Waals surface area contributed by atoms with Gasteiger partial charge in [-0.25, -0.2) is 4.98 Å². The first-order valence-electron chi connectivity index (χ1n) is 5.11. The summed E-state index contributed by atoms with van der Waals surface area (Å²) in [7, 11) is 3.62. The van der Waals surface area contributed by atoms with E-state index < -0.39 is 0 Å². The van der Waals surface area contributed by atoms with Crippen molar-refractivity contribution in [2.45, 2.75) is 6.54 Å². The molecule has 2 N–H and O–H groups in total. The highest BCUT2D eigenvalue weighted by Crippen LogP contribution is 2.21. The molecule has 4 nitrogen and oxygen atoms in total. The van der Waals surface area contributed by atoms with Gasteiger partial charge in [-0.05, 0) is 24.3 Å². The van der Waals surface area contributed by atoms with E-state index in [0.717, 1.165) is 22.8 Å². The molecule has 0 atom stereocenters. The Kier molecular flexibility index (Phi) is 2.92. The van der Waals surface area contributed by atoms with Crippen LogP contribution in [-0.2, 0) is 13.6 Å². The number of aryl methyl sites for hydroxylation is 1. The highest BCUT2D eigenvalue weighted by molar-refractivity contribution is 5.57. The zero-order valence-corrected chi connectivity index (χ0v) is 9.47. The van der Waals surface area contributed by atoms with Gasteiger partial charge in [-0.1, -0.05) is 0 Å². The Hall–Kier alpha value is -1.81. The van der Waals surface area contributed by atoms with E-state index in [4.69, 9.17) is 10.5 Å². The Morgan fingerprint density at radius 2 is 2.00 bits per heavy atom. The Morgan fingerprint density at radius 3 is 2.50 bits per heavy atom. The molecule has 1 aromatic heterocycles. The van der Waals surface area contributed by atoms with Gasteiger partial charge in [0.05, 0.1) is 12.8 Å². The Balaban J connectivity index is 2.38. The largest absolute Gasteiger partial charge is 0.497 e. The molecule has 0 aliphatic carbocycles. The zero-order chi connectivity index (χ0) is 11.5. The Bertz CT molecular complexity index is 474. The van der Waals surface area contributed by atoms with E-state index in [0.29, 0.717) is 6.54 Å². The molecule has 1 aromatic carbocycles. The Labute approximate surface area is 94.7 Å². The SMILES string of the molecule is COc1ccc(-c2nc(CN)cn2C)cc1. The number of rotatable bonds is 3. The normalized spacial score (nSPS) is 10.4. The summed E-state index contributed by atoms with van der Waals surface area (Å²) in [5.74, 6) is 1.76. The average Bonchev–Trinajstić information content (AvgIpc) is 2.71. The van der Waals surface area contributed by atoms with Crippen molar-refractivity contribution < 1.29 is 4.74 Å². The molecular weight excluding hydrogens is 202 g/mol. The van der Waals surface area contributed by atoms with Crippen molar-refractivity contribution in [1.82, 2.24) is 9.55 Å². The molecule has 0 aliphatic rings. The predicted octanol–water partition coefficient (Wildman–Crippen LogP) is 1.55. The second kappa shape index (κ2) is 4.37. The number of nitrogens with two attached hydrogens (primary N) is 1. The molecule has 0 bridgehead atoms. The van der Waals surface area contributed by atoms with Gasteiger partial charge in [0.1, 0.15) is 11.6 Å². The molecule has 0 saturated heterocycles. The minimum Gasteiger partial charge on any atom is -0.497 e. The van der Waals surface area contributed by atoms with Gasteiger partial charge < -0.3 is 15.0 Å². The lowest BCUT2D eigenvalue weighted by Gasteiger charge is -2.03. The van der Waals surface area contributed by atoms with Crippen molar-refractivity contribution in [2.75, 3.05) is 7.11 Å². The van der Waals surface area contributed by atoms with Crippen LogP contribution in [0.4, 0.5) is 0 Å². The number of benzene rings is 1. The van der Waals surface area contributed by atoms with Gasteiger partial charge in [-0.15, -0.1) is 0 Å². The van der Waals surface area contributed by atoms with Gasteiger partial charge in [0.2, 0.25) is 0 Å². The lowest BCUT2D eigenvalue weighted by molar-refractivity contribution is 0.415. The molecule has 16 heavy (non-hydrogen) atoms. The monoisotopic (exact) mass is 217 g/mol. The number of hydrogen-bond donors (Lipinski definition) is 1. The van der Waals surface area contributed by atoms with E-state index >= 15 is 0 Å². The summed E-state index contributed by atoms with van der Waals surface area (Å²) in [6.07, 6.45) is 1.94. The van der Waals surface area contributed by atoms with Gasteiger partial charge in [0, 0.05) is 25.4 Å². The molecular formula is C12H15N3O. The third-order valence-corrected chi connectivity index (χ3v) is 2.48. The van der Waals surface area contributed by atoms with E-state index in [1.807, 2.05) is 42.1 Å². The van der Waals surface area contributed by atoms with E-state index in [2.05, 4.69) is 4.98 Å². The summed E-state index contributed by atoms with van der Waals surface area (Å²) in [6.45, 7) is 0.462. The summed E-state index contributed by atoms with van der Waals surface area (Å²) in [4.78, 5) is 4.45. The van der Waals surface area contributed by atoms with Crippen LogP contribution in [0.3, 0.4) is 0 Å². The number of aromatic nitrogens is 2. The van der Waals surface area contributed by atoms with E-state index in [1.165, 1.54) is 0 Å². The third kappa shape index (κ3) is 1.92. The van der Waals surface area contributed by atoms with Gasteiger partial charge in [-0.2, -0.15) is 0 Å². The van der Waals surface area contributed by atoms with Crippen molar-refractivity contribution in [3.63, 3.8) is 0 Å². The number of hydrogen-bond acceptors (Lipinski definition) is 3. The van der Waals surface area contributed by atoms with E-state index in [1.54, 1.807) is 7.11 Å². The van der Waals surface area contributed by atoms with Crippen LogP contribution in [0.5, 0.6) is 5.75 Å². The molecule has 0 saturated carbocycles. The van der Waals surface area contributed by atoms with Crippen LogP contribution in [0.15, 0.2) is 30.5 Å². The first-order valence-corrected chi connectivity index (χ1v) is 5.11. The molecule has 4 heteroatoms. The predicted molar refractivity (Wildman–Crippen MR) is 63.1 cm³/mol. The van der Waals surface area contributed by atoms with Crippen molar-refractivity contribution in [2.24, 2.45) is 12.8 Å². The van der Waals surface area contributed by atoms with Crippen molar-refractivity contribution in [1.29, 1.82) is 0 Å². The maximum atomic E-state index is 5.56. The summed E-state index contributed by atoms with van der Waals surface area (Å²) < 4.78 is 7.09. The average molecular weight is 217 g/mol. The lowest BCUT2D eigenvalue weighted by Crippen LogP contribution is -1.95. The molecule has 1 heterocycles. The first kappa shape index (κ1) is 10.7. The van der Waals surface area contributed by atoms with Crippen LogP contribution in [0.1, 0.15) is 5.69 Å². The highest BCUT2D eigenvalue weighted by Gasteiger charge is 2.06. The quantitative estimate of drug-likeness (QED) is 0.848. The third-order valence-electron chi connectivity index (χ3n) is 2.48. The summed E-state index contributed by atoms with van der Waals surface area (Å²) in [5, 5.41) is 0. The maximum absolute atomic E-state index is 5.56. The minimum absolute atomic E-state index is 0.462. The summed E-state index contributed by atoms with van der Waals surface area (Å²) >= 11 is 0. The number of imidazole rings is 1. The topological polar surface area (TPSA) is 53.1 Å². The molecule has 0 unspecified atom stereocenters.